The van der Waals surface area contributed by atoms with Crippen LogP contribution in [0.4, 0.5) is 0 Å². The Bertz CT molecular complexity index is 911. The van der Waals surface area contributed by atoms with E-state index in [-0.39, 0.29) is 5.63 Å². The van der Waals surface area contributed by atoms with Gasteiger partial charge in [0.25, 0.3) is 0 Å². The Hall–Kier alpha value is -1.85. The fourth-order valence-electron chi connectivity index (χ4n) is 4.87. The molecule has 1 aliphatic carbocycles. The fourth-order valence-corrected chi connectivity index (χ4v) is 4.87. The van der Waals surface area contributed by atoms with Crippen LogP contribution >= 0.6 is 0 Å². The summed E-state index contributed by atoms with van der Waals surface area (Å²) < 4.78 is 17.6. The number of hydrogen-bond acceptors (Lipinski definition) is 4. The molecule has 0 bridgehead atoms. The molecule has 0 saturated carbocycles. The molecule has 2 atom stereocenters. The minimum absolute atomic E-state index is 0.156. The van der Waals surface area contributed by atoms with Gasteiger partial charge in [-0.2, -0.15) is 0 Å². The molecule has 1 saturated heterocycles. The Morgan fingerprint density at radius 2 is 2.04 bits per heavy atom. The summed E-state index contributed by atoms with van der Waals surface area (Å²) in [5.41, 5.74) is 4.87. The number of hydrogen-bond donors (Lipinski definition) is 1. The van der Waals surface area contributed by atoms with Crippen LogP contribution in [0.5, 0.6) is 5.75 Å². The van der Waals surface area contributed by atoms with Crippen molar-refractivity contribution in [1.29, 1.82) is 0 Å². The normalized spacial score (nSPS) is 25.0. The average molecular weight is 356 g/mol. The molecule has 0 spiro atoms. The second kappa shape index (κ2) is 6.39. The lowest BCUT2D eigenvalue weighted by molar-refractivity contribution is -0.935. The van der Waals surface area contributed by atoms with Crippen molar-refractivity contribution in [3.05, 3.63) is 38.7 Å². The van der Waals surface area contributed by atoms with Crippen LogP contribution < -0.4 is 15.3 Å². The minimum atomic E-state index is -0.156. The predicted octanol–water partition coefficient (Wildman–Crippen LogP) is 1.89. The van der Waals surface area contributed by atoms with Crippen molar-refractivity contribution in [2.24, 2.45) is 0 Å². The van der Waals surface area contributed by atoms with E-state index in [0.717, 1.165) is 79.6 Å². The molecule has 0 amide bonds. The Morgan fingerprint density at radius 1 is 1.19 bits per heavy atom. The lowest BCUT2D eigenvalue weighted by atomic mass is 9.89. The molecule has 1 unspecified atom stereocenters. The number of aryl methyl sites for hydroxylation is 2. The lowest BCUT2D eigenvalue weighted by Crippen LogP contribution is -3.13. The third-order valence-electron chi connectivity index (χ3n) is 6.17. The largest absolute Gasteiger partial charge is 0.444 e. The zero-order valence-electron chi connectivity index (χ0n) is 15.4. The summed E-state index contributed by atoms with van der Waals surface area (Å²) in [6.45, 7) is 5.50. The van der Waals surface area contributed by atoms with Gasteiger partial charge in [-0.05, 0) is 57.1 Å². The first kappa shape index (κ1) is 16.3. The summed E-state index contributed by atoms with van der Waals surface area (Å²) in [6.07, 6.45) is 6.74. The fraction of sp³-hybridized carbons (Fsp3) is 0.571. The van der Waals surface area contributed by atoms with Gasteiger partial charge in [0.2, 0.25) is 6.73 Å². The van der Waals surface area contributed by atoms with Gasteiger partial charge >= 0.3 is 5.63 Å². The average Bonchev–Trinajstić information content (AvgIpc) is 3.16. The molecular formula is C21H26NO4+. The van der Waals surface area contributed by atoms with E-state index in [4.69, 9.17) is 13.9 Å². The van der Waals surface area contributed by atoms with Gasteiger partial charge in [0.15, 0.2) is 0 Å². The van der Waals surface area contributed by atoms with E-state index in [9.17, 15) is 4.79 Å². The molecule has 1 fully saturated rings. The maximum Gasteiger partial charge on any atom is 0.339 e. The molecule has 1 N–H and O–H groups in total. The predicted molar refractivity (Wildman–Crippen MR) is 97.9 cm³/mol. The smallest absolute Gasteiger partial charge is 0.339 e. The van der Waals surface area contributed by atoms with Crippen molar-refractivity contribution in [3.8, 4) is 5.75 Å². The topological polar surface area (TPSA) is 53.1 Å². The highest BCUT2D eigenvalue weighted by atomic mass is 16.5. The van der Waals surface area contributed by atoms with E-state index >= 15 is 0 Å². The second-order valence-corrected chi connectivity index (χ2v) is 7.97. The third-order valence-corrected chi connectivity index (χ3v) is 6.17. The first-order chi connectivity index (χ1) is 12.7. The highest BCUT2D eigenvalue weighted by Crippen LogP contribution is 2.36. The number of nitrogens with one attached hydrogen (secondary N) is 1. The molecule has 2 aromatic rings. The first-order valence-corrected chi connectivity index (χ1v) is 9.89. The molecule has 5 rings (SSSR count). The van der Waals surface area contributed by atoms with Crippen LogP contribution in [0.3, 0.4) is 0 Å². The zero-order chi connectivity index (χ0) is 17.7. The summed E-state index contributed by atoms with van der Waals surface area (Å²) in [7, 11) is 0. The Labute approximate surface area is 152 Å². The molecule has 0 radical (unpaired) electrons. The van der Waals surface area contributed by atoms with Crippen molar-refractivity contribution in [1.82, 2.24) is 0 Å². The highest BCUT2D eigenvalue weighted by molar-refractivity contribution is 5.87. The van der Waals surface area contributed by atoms with Gasteiger partial charge in [-0.15, -0.1) is 0 Å². The van der Waals surface area contributed by atoms with Crippen molar-refractivity contribution in [2.75, 3.05) is 19.9 Å². The molecule has 26 heavy (non-hydrogen) atoms. The van der Waals surface area contributed by atoms with Crippen molar-refractivity contribution in [2.45, 2.75) is 58.1 Å². The van der Waals surface area contributed by atoms with Crippen LogP contribution in [-0.2, 0) is 24.1 Å². The summed E-state index contributed by atoms with van der Waals surface area (Å²) in [5.74, 6) is 0.910. The van der Waals surface area contributed by atoms with Crippen molar-refractivity contribution < 1.29 is 18.8 Å². The standard InChI is InChI=1S/C21H25NO4/c1-13-19-14(10-22(12-25-19)11-15-5-4-8-24-15)9-18-16-6-2-3-7-17(16)21(23)26-20(13)18/h9,15H,2-8,10-12H2,1H3/p+1/t15-/m1/s1. The van der Waals surface area contributed by atoms with E-state index in [2.05, 4.69) is 6.07 Å². The quantitative estimate of drug-likeness (QED) is 0.835. The molecule has 1 aromatic heterocycles. The second-order valence-electron chi connectivity index (χ2n) is 7.97. The molecule has 1 aromatic carbocycles. The van der Waals surface area contributed by atoms with Crippen LogP contribution in [-0.4, -0.2) is 26.0 Å². The maximum atomic E-state index is 12.4. The molecule has 5 heteroatoms. The zero-order valence-corrected chi connectivity index (χ0v) is 15.4. The van der Waals surface area contributed by atoms with E-state index in [0.29, 0.717) is 12.8 Å². The highest BCUT2D eigenvalue weighted by Gasteiger charge is 2.29. The van der Waals surface area contributed by atoms with Crippen molar-refractivity contribution >= 4 is 11.0 Å². The first-order valence-electron chi connectivity index (χ1n) is 9.89. The minimum Gasteiger partial charge on any atom is -0.444 e. The van der Waals surface area contributed by atoms with Gasteiger partial charge in [0, 0.05) is 28.7 Å². The Balaban J connectivity index is 1.56. The molecule has 138 valence electrons. The molecule has 2 aliphatic heterocycles. The monoisotopic (exact) mass is 356 g/mol. The molecule has 5 nitrogen and oxygen atoms in total. The number of fused-ring (bicyclic) bond motifs is 4. The van der Waals surface area contributed by atoms with Gasteiger partial charge in [-0.3, -0.25) is 4.90 Å². The van der Waals surface area contributed by atoms with E-state index in [1.807, 2.05) is 6.92 Å². The van der Waals surface area contributed by atoms with Gasteiger partial charge in [0.1, 0.15) is 30.5 Å². The third kappa shape index (κ3) is 2.65. The number of benzene rings is 1. The van der Waals surface area contributed by atoms with Gasteiger partial charge < -0.3 is 13.9 Å². The molecular weight excluding hydrogens is 330 g/mol. The van der Waals surface area contributed by atoms with E-state index in [1.54, 1.807) is 0 Å². The summed E-state index contributed by atoms with van der Waals surface area (Å²) in [5, 5.41) is 1.12. The number of quaternary nitrogens is 1. The van der Waals surface area contributed by atoms with Crippen LogP contribution in [0.15, 0.2) is 15.3 Å². The van der Waals surface area contributed by atoms with Gasteiger partial charge in [-0.25, -0.2) is 4.79 Å². The van der Waals surface area contributed by atoms with Crippen LogP contribution in [0.25, 0.3) is 11.0 Å². The summed E-state index contributed by atoms with van der Waals surface area (Å²) in [4.78, 5) is 13.8. The maximum absolute atomic E-state index is 12.4. The van der Waals surface area contributed by atoms with Crippen molar-refractivity contribution in [3.63, 3.8) is 0 Å². The van der Waals surface area contributed by atoms with Gasteiger partial charge in [-0.1, -0.05) is 0 Å². The van der Waals surface area contributed by atoms with E-state index in [1.165, 1.54) is 22.4 Å². The van der Waals surface area contributed by atoms with Crippen LogP contribution in [0.2, 0.25) is 0 Å². The lowest BCUT2D eigenvalue weighted by Gasteiger charge is -2.29. The Kier molecular flexibility index (Phi) is 4.02. The van der Waals surface area contributed by atoms with Crippen LogP contribution in [0.1, 0.15) is 47.9 Å². The van der Waals surface area contributed by atoms with Gasteiger partial charge in [0.05, 0.1) is 0 Å². The molecule has 3 aliphatic rings. The van der Waals surface area contributed by atoms with E-state index < -0.39 is 0 Å². The summed E-state index contributed by atoms with van der Waals surface area (Å²) in [6, 6.07) is 2.22. The summed E-state index contributed by atoms with van der Waals surface area (Å²) >= 11 is 0. The number of rotatable bonds is 2. The molecule has 3 heterocycles. The van der Waals surface area contributed by atoms with Crippen LogP contribution in [0, 0.1) is 6.92 Å². The Morgan fingerprint density at radius 3 is 2.85 bits per heavy atom. The SMILES string of the molecule is Cc1c2c(cc3c4c(c(=O)oc13)CCCC4)C[NH+](C[C@H]1CCCO1)CO2. The number of ether oxygens (including phenoxy) is 2.